The fourth-order valence-electron chi connectivity index (χ4n) is 3.49. The van der Waals surface area contributed by atoms with Crippen molar-refractivity contribution in [2.45, 2.75) is 23.8 Å². The van der Waals surface area contributed by atoms with Gasteiger partial charge in [0, 0.05) is 18.1 Å². The summed E-state index contributed by atoms with van der Waals surface area (Å²) in [4.78, 5) is 18.9. The molecule has 2 aromatic carbocycles. The topological polar surface area (TPSA) is 97.2 Å². The molecule has 3 aromatic rings. The van der Waals surface area contributed by atoms with Crippen LogP contribution in [0.15, 0.2) is 66.1 Å². The normalized spacial score (nSPS) is 15.2. The van der Waals surface area contributed by atoms with Gasteiger partial charge in [-0.1, -0.05) is 23.7 Å². The van der Waals surface area contributed by atoms with Gasteiger partial charge in [0.2, 0.25) is 0 Å². The van der Waals surface area contributed by atoms with Gasteiger partial charge in [0.25, 0.3) is 15.9 Å². The Balaban J connectivity index is 1.50. The zero-order valence-electron chi connectivity index (χ0n) is 16.0. The van der Waals surface area contributed by atoms with E-state index in [4.69, 9.17) is 11.6 Å². The average molecular weight is 446 g/mol. The molecule has 0 spiro atoms. The van der Waals surface area contributed by atoms with Gasteiger partial charge in [-0.15, -0.1) is 0 Å². The van der Waals surface area contributed by atoms with E-state index in [1.54, 1.807) is 35.5 Å². The van der Waals surface area contributed by atoms with Crippen LogP contribution < -0.4 is 4.72 Å². The van der Waals surface area contributed by atoms with Crippen LogP contribution in [0.5, 0.6) is 0 Å². The molecule has 0 bridgehead atoms. The molecule has 0 unspecified atom stereocenters. The van der Waals surface area contributed by atoms with Gasteiger partial charge in [-0.25, -0.2) is 18.1 Å². The van der Waals surface area contributed by atoms with Crippen LogP contribution in [0.25, 0.3) is 0 Å². The molecule has 2 heterocycles. The number of anilines is 1. The van der Waals surface area contributed by atoms with Gasteiger partial charge in [0.05, 0.1) is 22.2 Å². The molecule has 1 N–H and O–H groups in total. The van der Waals surface area contributed by atoms with Crippen LogP contribution in [0.3, 0.4) is 0 Å². The zero-order valence-corrected chi connectivity index (χ0v) is 17.6. The number of nitrogens with one attached hydrogen (secondary N) is 1. The number of rotatable bonds is 5. The Kier molecular flexibility index (Phi) is 5.74. The molecule has 30 heavy (non-hydrogen) atoms. The van der Waals surface area contributed by atoms with Gasteiger partial charge in [0.1, 0.15) is 12.7 Å². The molecule has 0 atom stereocenters. The number of amides is 1. The van der Waals surface area contributed by atoms with Crippen molar-refractivity contribution in [1.82, 2.24) is 19.7 Å². The van der Waals surface area contributed by atoms with Gasteiger partial charge >= 0.3 is 0 Å². The summed E-state index contributed by atoms with van der Waals surface area (Å²) >= 11 is 5.84. The Bertz CT molecular complexity index is 1130. The zero-order chi connectivity index (χ0) is 21.1. The summed E-state index contributed by atoms with van der Waals surface area (Å²) in [7, 11) is -3.85. The van der Waals surface area contributed by atoms with E-state index in [0.717, 1.165) is 12.8 Å². The van der Waals surface area contributed by atoms with Gasteiger partial charge in [-0.05, 0) is 49.2 Å². The van der Waals surface area contributed by atoms with Crippen molar-refractivity contribution in [3.8, 4) is 0 Å². The summed E-state index contributed by atoms with van der Waals surface area (Å²) in [5.41, 5.74) is 0.560. The van der Waals surface area contributed by atoms with Crippen LogP contribution in [0.4, 0.5) is 5.69 Å². The van der Waals surface area contributed by atoms with Crippen molar-refractivity contribution in [1.29, 1.82) is 0 Å². The number of benzene rings is 2. The van der Waals surface area contributed by atoms with Crippen LogP contribution in [-0.4, -0.2) is 47.1 Å². The van der Waals surface area contributed by atoms with Crippen LogP contribution in [-0.2, 0) is 10.0 Å². The molecule has 10 heteroatoms. The minimum Gasteiger partial charge on any atom is -0.338 e. The number of piperidine rings is 1. The third-order valence-electron chi connectivity index (χ3n) is 5.09. The molecule has 156 valence electrons. The Hall–Kier alpha value is -2.91. The number of sulfonamides is 1. The maximum atomic E-state index is 13.1. The van der Waals surface area contributed by atoms with E-state index < -0.39 is 10.0 Å². The first-order valence-electron chi connectivity index (χ1n) is 9.45. The van der Waals surface area contributed by atoms with Crippen LogP contribution in [0.2, 0.25) is 5.02 Å². The second kappa shape index (κ2) is 8.45. The van der Waals surface area contributed by atoms with E-state index in [0.29, 0.717) is 23.7 Å². The maximum absolute atomic E-state index is 13.1. The van der Waals surface area contributed by atoms with Crippen molar-refractivity contribution >= 4 is 33.2 Å². The van der Waals surface area contributed by atoms with Gasteiger partial charge in [0.15, 0.2) is 0 Å². The van der Waals surface area contributed by atoms with Crippen LogP contribution in [0, 0.1) is 0 Å². The number of hydrogen-bond acceptors (Lipinski definition) is 5. The smallest absolute Gasteiger partial charge is 0.261 e. The van der Waals surface area contributed by atoms with E-state index in [2.05, 4.69) is 14.8 Å². The summed E-state index contributed by atoms with van der Waals surface area (Å²) in [6.45, 7) is 1.11. The molecule has 4 rings (SSSR count). The van der Waals surface area contributed by atoms with Crippen molar-refractivity contribution in [2.75, 3.05) is 17.8 Å². The highest BCUT2D eigenvalue weighted by Crippen LogP contribution is 2.26. The minimum atomic E-state index is -3.85. The highest BCUT2D eigenvalue weighted by Gasteiger charge is 2.27. The number of nitrogens with zero attached hydrogens (tertiary/aromatic N) is 4. The van der Waals surface area contributed by atoms with Crippen molar-refractivity contribution in [2.24, 2.45) is 0 Å². The Labute approximate surface area is 179 Å². The first-order valence-corrected chi connectivity index (χ1v) is 11.3. The highest BCUT2D eigenvalue weighted by atomic mass is 35.5. The Morgan fingerprint density at radius 2 is 1.77 bits per heavy atom. The summed E-state index contributed by atoms with van der Waals surface area (Å²) in [6.07, 6.45) is 4.70. The lowest BCUT2D eigenvalue weighted by Gasteiger charge is -2.32. The fraction of sp³-hybridized carbons (Fsp3) is 0.250. The highest BCUT2D eigenvalue weighted by molar-refractivity contribution is 7.92. The second-order valence-corrected chi connectivity index (χ2v) is 9.12. The standard InChI is InChI=1S/C20H20ClN5O3S/c21-15-5-7-17(8-6-15)30(28,29)24-19-4-2-1-3-18(19)20(27)25-11-9-16(10-12-25)26-14-22-13-23-26/h1-8,13-14,16,24H,9-12H2. The fourth-order valence-corrected chi connectivity index (χ4v) is 4.69. The van der Waals surface area contributed by atoms with Crippen molar-refractivity contribution < 1.29 is 13.2 Å². The molecule has 1 aromatic heterocycles. The van der Waals surface area contributed by atoms with E-state index in [-0.39, 0.29) is 22.5 Å². The van der Waals surface area contributed by atoms with Gasteiger partial charge < -0.3 is 4.90 Å². The largest absolute Gasteiger partial charge is 0.338 e. The molecular weight excluding hydrogens is 426 g/mol. The number of para-hydroxylation sites is 1. The Morgan fingerprint density at radius 1 is 1.07 bits per heavy atom. The third-order valence-corrected chi connectivity index (χ3v) is 6.72. The van der Waals surface area contributed by atoms with E-state index in [1.165, 1.54) is 30.6 Å². The molecule has 1 aliphatic heterocycles. The third kappa shape index (κ3) is 4.31. The Morgan fingerprint density at radius 3 is 2.43 bits per heavy atom. The molecule has 0 aliphatic carbocycles. The van der Waals surface area contributed by atoms with Crippen LogP contribution >= 0.6 is 11.6 Å². The summed E-state index contributed by atoms with van der Waals surface area (Å²) < 4.78 is 29.8. The maximum Gasteiger partial charge on any atom is 0.261 e. The molecular formula is C20H20ClN5O3S. The predicted molar refractivity (Wildman–Crippen MR) is 113 cm³/mol. The summed E-state index contributed by atoms with van der Waals surface area (Å²) in [5.74, 6) is -0.207. The number of carbonyl (C=O) groups excluding carboxylic acids is 1. The molecule has 1 amide bonds. The van der Waals surface area contributed by atoms with Gasteiger partial charge in [-0.2, -0.15) is 5.10 Å². The van der Waals surface area contributed by atoms with Crippen molar-refractivity contribution in [3.63, 3.8) is 0 Å². The molecule has 1 saturated heterocycles. The van der Waals surface area contributed by atoms with Crippen molar-refractivity contribution in [3.05, 3.63) is 71.8 Å². The number of halogens is 1. The van der Waals surface area contributed by atoms with E-state index in [9.17, 15) is 13.2 Å². The first kappa shape index (κ1) is 20.4. The minimum absolute atomic E-state index is 0.0720. The molecule has 0 radical (unpaired) electrons. The molecule has 8 nitrogen and oxygen atoms in total. The van der Waals surface area contributed by atoms with E-state index in [1.807, 2.05) is 4.68 Å². The second-order valence-electron chi connectivity index (χ2n) is 7.00. The average Bonchev–Trinajstić information content (AvgIpc) is 3.29. The van der Waals surface area contributed by atoms with Crippen LogP contribution in [0.1, 0.15) is 29.2 Å². The lowest BCUT2D eigenvalue weighted by molar-refractivity contribution is 0.0691. The predicted octanol–water partition coefficient (Wildman–Crippen LogP) is 3.21. The summed E-state index contributed by atoms with van der Waals surface area (Å²) in [6, 6.07) is 12.7. The quantitative estimate of drug-likeness (QED) is 0.650. The van der Waals surface area contributed by atoms with E-state index >= 15 is 0 Å². The number of likely N-dealkylation sites (tertiary alicyclic amines) is 1. The number of aromatic nitrogens is 3. The molecule has 0 saturated carbocycles. The monoisotopic (exact) mass is 445 g/mol. The molecule has 1 fully saturated rings. The number of carbonyl (C=O) groups is 1. The summed E-state index contributed by atoms with van der Waals surface area (Å²) in [5, 5.41) is 4.62. The first-order chi connectivity index (χ1) is 14.4. The van der Waals surface area contributed by atoms with Gasteiger partial charge in [-0.3, -0.25) is 9.52 Å². The number of hydrogen-bond donors (Lipinski definition) is 1. The SMILES string of the molecule is O=C(c1ccccc1NS(=O)(=O)c1ccc(Cl)cc1)N1CCC(n2cncn2)CC1. The molecule has 1 aliphatic rings. The lowest BCUT2D eigenvalue weighted by atomic mass is 10.0. The lowest BCUT2D eigenvalue weighted by Crippen LogP contribution is -2.39.